The summed E-state index contributed by atoms with van der Waals surface area (Å²) in [5.41, 5.74) is -4.23. The summed E-state index contributed by atoms with van der Waals surface area (Å²) in [6.07, 6.45) is -5.78. The molecule has 164 valence electrons. The highest BCUT2D eigenvalue weighted by atomic mass is 16.7. The van der Waals surface area contributed by atoms with Crippen LogP contribution in [-0.2, 0) is 9.47 Å². The topological polar surface area (TPSA) is 160 Å². The molecule has 0 aromatic rings. The fourth-order valence-electron chi connectivity index (χ4n) is 4.14. The van der Waals surface area contributed by atoms with Crippen LogP contribution < -0.4 is 0 Å². The Bertz CT molecular complexity index is 564. The number of hydrogen-bond acceptors (Lipinski definition) is 9. The Balaban J connectivity index is 2.40. The summed E-state index contributed by atoms with van der Waals surface area (Å²) in [4.78, 5) is 0. The maximum absolute atomic E-state index is 11.6. The molecule has 0 radical (unpaired) electrons. The Morgan fingerprint density at radius 2 is 1.71 bits per heavy atom. The van der Waals surface area contributed by atoms with Gasteiger partial charge in [0.2, 0.25) is 0 Å². The van der Waals surface area contributed by atoms with Crippen molar-refractivity contribution in [3.63, 3.8) is 0 Å². The molecule has 1 saturated carbocycles. The number of rotatable bonds is 5. The van der Waals surface area contributed by atoms with Gasteiger partial charge in [0.05, 0.1) is 18.8 Å². The lowest BCUT2D eigenvalue weighted by Gasteiger charge is -2.58. The standard InChI is InChI=1S/C19H34O9/c1-10(21)5-8-19(26)17(2,3)12(22)6-7-18(19,4)28-16-15(25)14(24)13(23)11(9-20)27-16/h5,8,10-16,20-26H,6-7,9H2,1-4H3/b8-5+/t10-,11+,12-,13+,14-,15+,16-,18+,19+/m0/s1. The van der Waals surface area contributed by atoms with Gasteiger partial charge >= 0.3 is 0 Å². The summed E-state index contributed by atoms with van der Waals surface area (Å²) in [7, 11) is 0. The number of aliphatic hydroxyl groups excluding tert-OH is 6. The predicted octanol–water partition coefficient (Wildman–Crippen LogP) is -1.59. The summed E-state index contributed by atoms with van der Waals surface area (Å²) in [5.74, 6) is 0. The second kappa shape index (κ2) is 8.25. The maximum Gasteiger partial charge on any atom is 0.187 e. The van der Waals surface area contributed by atoms with Crippen LogP contribution in [0.4, 0.5) is 0 Å². The van der Waals surface area contributed by atoms with E-state index in [9.17, 15) is 35.7 Å². The molecule has 2 rings (SSSR count). The van der Waals surface area contributed by atoms with Gasteiger partial charge in [0.15, 0.2) is 6.29 Å². The molecule has 0 aromatic heterocycles. The second-order valence-corrected chi connectivity index (χ2v) is 8.69. The van der Waals surface area contributed by atoms with Gasteiger partial charge in [-0.25, -0.2) is 0 Å². The van der Waals surface area contributed by atoms with Crippen LogP contribution in [0, 0.1) is 5.41 Å². The number of hydrogen-bond donors (Lipinski definition) is 7. The molecule has 1 aliphatic carbocycles. The van der Waals surface area contributed by atoms with Gasteiger partial charge in [0, 0.05) is 5.41 Å². The normalized spacial score (nSPS) is 48.0. The van der Waals surface area contributed by atoms with Gasteiger partial charge in [-0.2, -0.15) is 0 Å². The summed E-state index contributed by atoms with van der Waals surface area (Å²) in [6, 6.07) is 0. The van der Waals surface area contributed by atoms with Gasteiger partial charge < -0.3 is 45.2 Å². The molecule has 2 aliphatic rings. The zero-order valence-electron chi connectivity index (χ0n) is 16.8. The van der Waals surface area contributed by atoms with E-state index in [1.165, 1.54) is 19.1 Å². The highest BCUT2D eigenvalue weighted by molar-refractivity contribution is 5.23. The van der Waals surface area contributed by atoms with Crippen molar-refractivity contribution in [2.45, 2.75) is 94.7 Å². The summed E-state index contributed by atoms with van der Waals surface area (Å²) < 4.78 is 11.4. The molecule has 9 nitrogen and oxygen atoms in total. The van der Waals surface area contributed by atoms with Crippen molar-refractivity contribution in [1.29, 1.82) is 0 Å². The van der Waals surface area contributed by atoms with Gasteiger partial charge in [-0.3, -0.25) is 0 Å². The van der Waals surface area contributed by atoms with Gasteiger partial charge in [-0.1, -0.05) is 26.0 Å². The molecule has 28 heavy (non-hydrogen) atoms. The summed E-state index contributed by atoms with van der Waals surface area (Å²) in [6.45, 7) is 5.84. The zero-order valence-corrected chi connectivity index (χ0v) is 16.8. The average Bonchev–Trinajstić information content (AvgIpc) is 2.63. The smallest absolute Gasteiger partial charge is 0.187 e. The molecule has 1 saturated heterocycles. The van der Waals surface area contributed by atoms with E-state index in [0.29, 0.717) is 6.42 Å². The van der Waals surface area contributed by atoms with Crippen LogP contribution in [0.2, 0.25) is 0 Å². The van der Waals surface area contributed by atoms with E-state index in [4.69, 9.17) is 9.47 Å². The van der Waals surface area contributed by atoms with Gasteiger partial charge in [-0.05, 0) is 26.7 Å². The van der Waals surface area contributed by atoms with Gasteiger partial charge in [0.25, 0.3) is 0 Å². The molecule has 1 aliphatic heterocycles. The van der Waals surface area contributed by atoms with E-state index in [-0.39, 0.29) is 6.42 Å². The van der Waals surface area contributed by atoms with Crippen molar-refractivity contribution in [2.75, 3.05) is 6.61 Å². The summed E-state index contributed by atoms with van der Waals surface area (Å²) in [5, 5.41) is 71.4. The lowest BCUT2D eigenvalue weighted by atomic mass is 9.56. The molecule has 0 spiro atoms. The molecule has 2 fully saturated rings. The molecule has 0 amide bonds. The Morgan fingerprint density at radius 3 is 2.25 bits per heavy atom. The van der Waals surface area contributed by atoms with E-state index < -0.39 is 66.1 Å². The number of ether oxygens (including phenoxy) is 2. The van der Waals surface area contributed by atoms with Gasteiger partial charge in [-0.15, -0.1) is 0 Å². The van der Waals surface area contributed by atoms with Crippen LogP contribution in [0.15, 0.2) is 12.2 Å². The first-order valence-electron chi connectivity index (χ1n) is 9.57. The molecular weight excluding hydrogens is 372 g/mol. The monoisotopic (exact) mass is 406 g/mol. The minimum atomic E-state index is -1.77. The molecule has 9 atom stereocenters. The lowest BCUT2D eigenvalue weighted by Crippen LogP contribution is -2.70. The van der Waals surface area contributed by atoms with E-state index in [0.717, 1.165) is 0 Å². The van der Waals surface area contributed by atoms with Crippen LogP contribution in [0.3, 0.4) is 0 Å². The van der Waals surface area contributed by atoms with Crippen molar-refractivity contribution in [2.24, 2.45) is 5.41 Å². The summed E-state index contributed by atoms with van der Waals surface area (Å²) >= 11 is 0. The van der Waals surface area contributed by atoms with Crippen LogP contribution in [0.1, 0.15) is 40.5 Å². The fraction of sp³-hybridized carbons (Fsp3) is 0.895. The maximum atomic E-state index is 11.6. The van der Waals surface area contributed by atoms with Crippen molar-refractivity contribution in [3.8, 4) is 0 Å². The third-order valence-electron chi connectivity index (χ3n) is 6.36. The quantitative estimate of drug-likeness (QED) is 0.267. The largest absolute Gasteiger partial charge is 0.394 e. The lowest BCUT2D eigenvalue weighted by molar-refractivity contribution is -0.357. The SMILES string of the molecule is C[C@H](O)/C=C/[C@@]1(O)C(C)(C)[C@@H](O)CC[C@@]1(C)O[C@@H]1O[C@H](CO)[C@@H](O)[C@H](O)[C@H]1O. The average molecular weight is 406 g/mol. The molecule has 0 bridgehead atoms. The van der Waals surface area contributed by atoms with Crippen molar-refractivity contribution in [1.82, 2.24) is 0 Å². The van der Waals surface area contributed by atoms with Gasteiger partial charge in [0.1, 0.15) is 35.6 Å². The fourth-order valence-corrected chi connectivity index (χ4v) is 4.14. The number of aliphatic hydroxyl groups is 7. The Morgan fingerprint density at radius 1 is 1.11 bits per heavy atom. The molecule has 9 heteroatoms. The van der Waals surface area contributed by atoms with Crippen LogP contribution in [0.5, 0.6) is 0 Å². The molecule has 0 unspecified atom stereocenters. The first-order chi connectivity index (χ1) is 12.8. The van der Waals surface area contributed by atoms with Crippen LogP contribution >= 0.6 is 0 Å². The van der Waals surface area contributed by atoms with Crippen LogP contribution in [-0.4, -0.2) is 96.5 Å². The first-order valence-corrected chi connectivity index (χ1v) is 9.57. The first kappa shape index (κ1) is 23.7. The predicted molar refractivity (Wildman–Crippen MR) is 98.0 cm³/mol. The Kier molecular flexibility index (Phi) is 6.97. The van der Waals surface area contributed by atoms with Crippen molar-refractivity contribution < 1.29 is 45.2 Å². The van der Waals surface area contributed by atoms with Crippen molar-refractivity contribution in [3.05, 3.63) is 12.2 Å². The minimum absolute atomic E-state index is 0.188. The Hall–Kier alpha value is -0.620. The molecule has 7 N–H and O–H groups in total. The van der Waals surface area contributed by atoms with E-state index in [1.54, 1.807) is 20.8 Å². The Labute approximate surface area is 164 Å². The highest BCUT2D eigenvalue weighted by Crippen LogP contribution is 2.52. The van der Waals surface area contributed by atoms with E-state index >= 15 is 0 Å². The zero-order chi connectivity index (χ0) is 21.5. The van der Waals surface area contributed by atoms with E-state index in [2.05, 4.69) is 0 Å². The second-order valence-electron chi connectivity index (χ2n) is 8.69. The van der Waals surface area contributed by atoms with Crippen molar-refractivity contribution >= 4 is 0 Å². The minimum Gasteiger partial charge on any atom is -0.394 e. The molecule has 0 aromatic carbocycles. The van der Waals surface area contributed by atoms with E-state index in [1.807, 2.05) is 0 Å². The van der Waals surface area contributed by atoms with Crippen LogP contribution in [0.25, 0.3) is 0 Å². The molecule has 1 heterocycles. The highest BCUT2D eigenvalue weighted by Gasteiger charge is 2.63. The third kappa shape index (κ3) is 3.88. The third-order valence-corrected chi connectivity index (χ3v) is 6.36. The molecular formula is C19H34O9.